The van der Waals surface area contributed by atoms with Gasteiger partial charge in [0.15, 0.2) is 0 Å². The molecular formula is C8H15N3. The molecule has 0 amide bonds. The molecule has 0 aromatic rings. The van der Waals surface area contributed by atoms with Crippen LogP contribution in [-0.2, 0) is 0 Å². The van der Waals surface area contributed by atoms with E-state index in [9.17, 15) is 0 Å². The van der Waals surface area contributed by atoms with E-state index in [1.807, 2.05) is 32.1 Å². The van der Waals surface area contributed by atoms with Gasteiger partial charge in [-0.1, -0.05) is 26.0 Å². The Balaban J connectivity index is 0.000000461. The van der Waals surface area contributed by atoms with Crippen molar-refractivity contribution in [3.05, 3.63) is 24.4 Å². The van der Waals surface area contributed by atoms with Crippen LogP contribution in [0.5, 0.6) is 0 Å². The lowest BCUT2D eigenvalue weighted by atomic mass is 10.2. The van der Waals surface area contributed by atoms with E-state index in [0.717, 1.165) is 0 Å². The van der Waals surface area contributed by atoms with E-state index in [-0.39, 0.29) is 11.9 Å². The molecule has 62 valence electrons. The van der Waals surface area contributed by atoms with Crippen molar-refractivity contribution in [2.75, 3.05) is 0 Å². The highest BCUT2D eigenvalue weighted by Crippen LogP contribution is 1.91. The highest BCUT2D eigenvalue weighted by molar-refractivity contribution is 5.85. The van der Waals surface area contributed by atoms with Crippen LogP contribution < -0.4 is 11.1 Å². The average molecular weight is 153 g/mol. The molecule has 3 nitrogen and oxygen atoms in total. The summed E-state index contributed by atoms with van der Waals surface area (Å²) in [5, 5.41) is 9.92. The fraction of sp³-hybridized carbons (Fsp3) is 0.375. The number of dihydropyridines is 1. The number of nitrogens with one attached hydrogen (secondary N) is 2. The van der Waals surface area contributed by atoms with Crippen molar-refractivity contribution in [2.45, 2.75) is 19.9 Å². The molecule has 1 rings (SSSR count). The molecule has 0 radical (unpaired) electrons. The molecule has 0 aliphatic carbocycles. The van der Waals surface area contributed by atoms with Crippen molar-refractivity contribution >= 4 is 5.84 Å². The predicted molar refractivity (Wildman–Crippen MR) is 48.5 cm³/mol. The van der Waals surface area contributed by atoms with Crippen LogP contribution in [0.15, 0.2) is 24.4 Å². The second kappa shape index (κ2) is 5.53. The number of allylic oxidation sites excluding steroid dienone is 2. The maximum atomic E-state index is 7.02. The maximum absolute atomic E-state index is 7.02. The van der Waals surface area contributed by atoms with Crippen molar-refractivity contribution in [3.63, 3.8) is 0 Å². The fourth-order valence-corrected chi connectivity index (χ4v) is 0.639. The highest BCUT2D eigenvalue weighted by Gasteiger charge is 2.04. The molecule has 1 aliphatic rings. The monoisotopic (exact) mass is 153 g/mol. The Morgan fingerprint density at radius 2 is 2.09 bits per heavy atom. The third-order valence-corrected chi connectivity index (χ3v) is 1.12. The van der Waals surface area contributed by atoms with Crippen LogP contribution in [-0.4, -0.2) is 11.9 Å². The van der Waals surface area contributed by atoms with Gasteiger partial charge in [0.2, 0.25) is 0 Å². The van der Waals surface area contributed by atoms with Crippen LogP contribution in [0.3, 0.4) is 0 Å². The Labute approximate surface area is 67.5 Å². The molecule has 3 heteroatoms. The summed E-state index contributed by atoms with van der Waals surface area (Å²) in [6.07, 6.45) is 7.33. The lowest BCUT2D eigenvalue weighted by Crippen LogP contribution is -2.37. The third kappa shape index (κ3) is 3.45. The van der Waals surface area contributed by atoms with Crippen LogP contribution in [0.1, 0.15) is 13.8 Å². The van der Waals surface area contributed by atoms with Gasteiger partial charge in [0.05, 0.1) is 0 Å². The summed E-state index contributed by atoms with van der Waals surface area (Å²) < 4.78 is 0. The quantitative estimate of drug-likeness (QED) is 0.388. The lowest BCUT2D eigenvalue weighted by Gasteiger charge is -2.12. The van der Waals surface area contributed by atoms with E-state index in [4.69, 9.17) is 11.1 Å². The number of nitrogens with two attached hydrogens (primary N) is 1. The van der Waals surface area contributed by atoms with Gasteiger partial charge in [0, 0.05) is 0 Å². The van der Waals surface area contributed by atoms with Crippen LogP contribution in [0.25, 0.3) is 0 Å². The Hall–Kier alpha value is -1.25. The second-order valence-corrected chi connectivity index (χ2v) is 1.84. The summed E-state index contributed by atoms with van der Waals surface area (Å²) in [4.78, 5) is 0. The van der Waals surface area contributed by atoms with Gasteiger partial charge in [-0.15, -0.1) is 0 Å². The zero-order valence-electron chi connectivity index (χ0n) is 6.96. The Morgan fingerprint density at radius 3 is 2.36 bits per heavy atom. The molecule has 0 aromatic heterocycles. The zero-order chi connectivity index (χ0) is 8.69. The minimum absolute atomic E-state index is 0.102. The van der Waals surface area contributed by atoms with E-state index >= 15 is 0 Å². The third-order valence-electron chi connectivity index (χ3n) is 1.12. The maximum Gasteiger partial charge on any atom is 0.118 e. The number of hydrogen-bond acceptors (Lipinski definition) is 2. The standard InChI is InChI=1S/C6H9N3.C2H6/c7-6(8)5-3-1-2-4-9-5;1-2/h1-5,9H,(H3,7,8);1-2H3. The fourth-order valence-electron chi connectivity index (χ4n) is 0.639. The van der Waals surface area contributed by atoms with Crippen LogP contribution in [0.2, 0.25) is 0 Å². The van der Waals surface area contributed by atoms with E-state index in [2.05, 4.69) is 5.32 Å². The molecule has 0 spiro atoms. The summed E-state index contributed by atoms with van der Waals surface area (Å²) >= 11 is 0. The van der Waals surface area contributed by atoms with Gasteiger partial charge >= 0.3 is 0 Å². The Bertz CT molecular complexity index is 170. The van der Waals surface area contributed by atoms with Gasteiger partial charge in [-0.05, 0) is 12.3 Å². The molecule has 1 aliphatic heterocycles. The first-order valence-electron chi connectivity index (χ1n) is 3.74. The van der Waals surface area contributed by atoms with E-state index in [1.54, 1.807) is 6.20 Å². The normalized spacial score (nSPS) is 19.6. The zero-order valence-corrected chi connectivity index (χ0v) is 6.96. The molecule has 0 fully saturated rings. The molecule has 0 aromatic carbocycles. The lowest BCUT2D eigenvalue weighted by molar-refractivity contribution is 0.851. The molecule has 1 atom stereocenters. The van der Waals surface area contributed by atoms with Crippen LogP contribution >= 0.6 is 0 Å². The smallest absolute Gasteiger partial charge is 0.118 e. The number of hydrogen-bond donors (Lipinski definition) is 3. The Kier molecular flexibility index (Phi) is 4.90. The van der Waals surface area contributed by atoms with Crippen molar-refractivity contribution < 1.29 is 0 Å². The van der Waals surface area contributed by atoms with Crippen molar-refractivity contribution in [2.24, 2.45) is 5.73 Å². The molecule has 11 heavy (non-hydrogen) atoms. The second-order valence-electron chi connectivity index (χ2n) is 1.84. The van der Waals surface area contributed by atoms with Gasteiger partial charge in [0.1, 0.15) is 11.9 Å². The Morgan fingerprint density at radius 1 is 1.45 bits per heavy atom. The first kappa shape index (κ1) is 9.75. The van der Waals surface area contributed by atoms with E-state index in [1.165, 1.54) is 0 Å². The SMILES string of the molecule is CC.N=C(N)C1C=CC=CN1. The summed E-state index contributed by atoms with van der Waals surface area (Å²) in [7, 11) is 0. The minimum Gasteiger partial charge on any atom is -0.386 e. The number of amidine groups is 1. The van der Waals surface area contributed by atoms with Crippen molar-refractivity contribution in [3.8, 4) is 0 Å². The summed E-state index contributed by atoms with van der Waals surface area (Å²) in [5.74, 6) is 0.149. The summed E-state index contributed by atoms with van der Waals surface area (Å²) in [6, 6.07) is -0.102. The molecule has 0 bridgehead atoms. The van der Waals surface area contributed by atoms with Crippen molar-refractivity contribution in [1.29, 1.82) is 5.41 Å². The van der Waals surface area contributed by atoms with Gasteiger partial charge < -0.3 is 11.1 Å². The van der Waals surface area contributed by atoms with Crippen molar-refractivity contribution in [1.82, 2.24) is 5.32 Å². The predicted octanol–water partition coefficient (Wildman–Crippen LogP) is 0.990. The molecule has 0 saturated heterocycles. The number of rotatable bonds is 1. The molecule has 1 unspecified atom stereocenters. The first-order valence-corrected chi connectivity index (χ1v) is 3.74. The van der Waals surface area contributed by atoms with Crippen LogP contribution in [0.4, 0.5) is 0 Å². The summed E-state index contributed by atoms with van der Waals surface area (Å²) in [6.45, 7) is 4.00. The molecular weight excluding hydrogens is 138 g/mol. The summed E-state index contributed by atoms with van der Waals surface area (Å²) in [5.41, 5.74) is 5.20. The van der Waals surface area contributed by atoms with Gasteiger partial charge in [-0.3, -0.25) is 5.41 Å². The van der Waals surface area contributed by atoms with Gasteiger partial charge in [0.25, 0.3) is 0 Å². The molecule has 4 N–H and O–H groups in total. The van der Waals surface area contributed by atoms with E-state index in [0.29, 0.717) is 0 Å². The largest absolute Gasteiger partial charge is 0.386 e. The average Bonchev–Trinajstić information content (AvgIpc) is 2.10. The first-order chi connectivity index (χ1) is 5.30. The molecule has 1 heterocycles. The van der Waals surface area contributed by atoms with Crippen LogP contribution in [0, 0.1) is 5.41 Å². The highest BCUT2D eigenvalue weighted by atomic mass is 14.9. The van der Waals surface area contributed by atoms with Gasteiger partial charge in [-0.25, -0.2) is 0 Å². The topological polar surface area (TPSA) is 61.9 Å². The minimum atomic E-state index is -0.102. The van der Waals surface area contributed by atoms with E-state index < -0.39 is 0 Å². The van der Waals surface area contributed by atoms with Gasteiger partial charge in [-0.2, -0.15) is 0 Å². The molecule has 0 saturated carbocycles.